The lowest BCUT2D eigenvalue weighted by atomic mass is 10.0. The summed E-state index contributed by atoms with van der Waals surface area (Å²) in [6, 6.07) is 0. The van der Waals surface area contributed by atoms with Crippen molar-refractivity contribution < 1.29 is 19.5 Å². The Bertz CT molecular complexity index is 348. The van der Waals surface area contributed by atoms with Crippen molar-refractivity contribution in [1.29, 1.82) is 0 Å². The van der Waals surface area contributed by atoms with Crippen molar-refractivity contribution in [3.05, 3.63) is 0 Å². The summed E-state index contributed by atoms with van der Waals surface area (Å²) in [7, 11) is 0. The quantitative estimate of drug-likeness (QED) is 0.731. The van der Waals surface area contributed by atoms with Gasteiger partial charge < -0.3 is 19.6 Å². The highest BCUT2D eigenvalue weighted by atomic mass is 16.6. The standard InChI is InChI=1S/C11H18N2O4/c1-11(2,3)16-10(15)13-4-7-8(6-14)12-17-9(7)5-13/h7,9,14H,4-6H2,1-3H3/t7-,9-/m1/s1. The van der Waals surface area contributed by atoms with Crippen LogP contribution in [-0.2, 0) is 9.57 Å². The molecular formula is C11H18N2O4. The molecule has 2 rings (SSSR count). The van der Waals surface area contributed by atoms with E-state index in [1.54, 1.807) is 4.90 Å². The van der Waals surface area contributed by atoms with Gasteiger partial charge in [-0.3, -0.25) is 0 Å². The maximum Gasteiger partial charge on any atom is 0.410 e. The number of likely N-dealkylation sites (tertiary alicyclic amines) is 1. The fourth-order valence-electron chi connectivity index (χ4n) is 2.03. The van der Waals surface area contributed by atoms with E-state index in [2.05, 4.69) is 5.16 Å². The van der Waals surface area contributed by atoms with Crippen LogP contribution < -0.4 is 0 Å². The van der Waals surface area contributed by atoms with Crippen molar-refractivity contribution in [2.45, 2.75) is 32.5 Å². The number of hydrogen-bond donors (Lipinski definition) is 1. The number of oxime groups is 1. The lowest BCUT2D eigenvalue weighted by molar-refractivity contribution is 0.0227. The Labute approximate surface area is 100 Å². The second kappa shape index (κ2) is 4.18. The van der Waals surface area contributed by atoms with E-state index in [-0.39, 0.29) is 24.7 Å². The molecule has 1 fully saturated rings. The normalized spacial score (nSPS) is 27.5. The number of hydrogen-bond acceptors (Lipinski definition) is 5. The van der Waals surface area contributed by atoms with Crippen molar-refractivity contribution >= 4 is 11.8 Å². The van der Waals surface area contributed by atoms with Crippen molar-refractivity contribution in [3.63, 3.8) is 0 Å². The zero-order chi connectivity index (χ0) is 12.6. The largest absolute Gasteiger partial charge is 0.444 e. The molecule has 2 aliphatic heterocycles. The number of amides is 1. The van der Waals surface area contributed by atoms with Gasteiger partial charge >= 0.3 is 6.09 Å². The fourth-order valence-corrected chi connectivity index (χ4v) is 2.03. The molecule has 6 nitrogen and oxygen atoms in total. The lowest BCUT2D eigenvalue weighted by Gasteiger charge is -2.24. The molecule has 0 aliphatic carbocycles. The van der Waals surface area contributed by atoms with Crippen LogP contribution in [0.15, 0.2) is 5.16 Å². The van der Waals surface area contributed by atoms with E-state index in [4.69, 9.17) is 14.7 Å². The summed E-state index contributed by atoms with van der Waals surface area (Å²) in [5.41, 5.74) is 0.116. The molecular weight excluding hydrogens is 224 g/mol. The highest BCUT2D eigenvalue weighted by Gasteiger charge is 2.44. The van der Waals surface area contributed by atoms with Gasteiger partial charge in [-0.2, -0.15) is 0 Å². The molecule has 0 aromatic heterocycles. The number of aliphatic hydroxyl groups excluding tert-OH is 1. The minimum atomic E-state index is -0.496. The average Bonchev–Trinajstić information content (AvgIpc) is 2.72. The van der Waals surface area contributed by atoms with Gasteiger partial charge in [0.05, 0.1) is 24.8 Å². The van der Waals surface area contributed by atoms with Crippen LogP contribution >= 0.6 is 0 Å². The topological polar surface area (TPSA) is 71.4 Å². The molecule has 0 saturated carbocycles. The van der Waals surface area contributed by atoms with Crippen molar-refractivity contribution in [1.82, 2.24) is 4.90 Å². The third-order valence-electron chi connectivity index (χ3n) is 2.81. The highest BCUT2D eigenvalue weighted by Crippen LogP contribution is 2.27. The molecule has 0 unspecified atom stereocenters. The predicted molar refractivity (Wildman–Crippen MR) is 60.7 cm³/mol. The molecule has 1 amide bonds. The van der Waals surface area contributed by atoms with Gasteiger partial charge in [0.1, 0.15) is 5.60 Å². The van der Waals surface area contributed by atoms with E-state index in [1.807, 2.05) is 20.8 Å². The molecule has 0 radical (unpaired) electrons. The summed E-state index contributed by atoms with van der Waals surface area (Å²) in [5.74, 6) is 0.00696. The minimum absolute atomic E-state index is 0.00696. The molecule has 6 heteroatoms. The maximum atomic E-state index is 11.8. The van der Waals surface area contributed by atoms with E-state index < -0.39 is 5.60 Å². The van der Waals surface area contributed by atoms with Crippen molar-refractivity contribution in [3.8, 4) is 0 Å². The van der Waals surface area contributed by atoms with Crippen LogP contribution in [0.2, 0.25) is 0 Å². The van der Waals surface area contributed by atoms with Crippen LogP contribution in [0.4, 0.5) is 4.79 Å². The monoisotopic (exact) mass is 242 g/mol. The third kappa shape index (κ3) is 2.52. The molecule has 0 spiro atoms. The van der Waals surface area contributed by atoms with Gasteiger partial charge in [-0.1, -0.05) is 5.16 Å². The number of fused-ring (bicyclic) bond motifs is 1. The number of ether oxygens (including phenoxy) is 1. The number of aliphatic hydroxyl groups is 1. The van der Waals surface area contributed by atoms with Gasteiger partial charge in [-0.05, 0) is 20.8 Å². The molecule has 1 saturated heterocycles. The SMILES string of the molecule is CC(C)(C)OC(=O)N1C[C@@H]2C(CO)=NO[C@@H]2C1. The first-order valence-corrected chi connectivity index (χ1v) is 5.72. The smallest absolute Gasteiger partial charge is 0.410 e. The second-order valence-electron chi connectivity index (χ2n) is 5.38. The minimum Gasteiger partial charge on any atom is -0.444 e. The van der Waals surface area contributed by atoms with Crippen LogP contribution in [0.1, 0.15) is 20.8 Å². The van der Waals surface area contributed by atoms with Gasteiger partial charge in [-0.15, -0.1) is 0 Å². The highest BCUT2D eigenvalue weighted by molar-refractivity contribution is 5.90. The Hall–Kier alpha value is -1.30. The fraction of sp³-hybridized carbons (Fsp3) is 0.818. The van der Waals surface area contributed by atoms with E-state index >= 15 is 0 Å². The van der Waals surface area contributed by atoms with E-state index in [0.717, 1.165) is 0 Å². The summed E-state index contributed by atoms with van der Waals surface area (Å²) in [6.45, 7) is 6.34. The summed E-state index contributed by atoms with van der Waals surface area (Å²) < 4.78 is 5.28. The van der Waals surface area contributed by atoms with Crippen LogP contribution in [0.25, 0.3) is 0 Å². The zero-order valence-electron chi connectivity index (χ0n) is 10.3. The summed E-state index contributed by atoms with van der Waals surface area (Å²) in [6.07, 6.45) is -0.475. The Morgan fingerprint density at radius 1 is 1.59 bits per heavy atom. The van der Waals surface area contributed by atoms with Gasteiger partial charge in [-0.25, -0.2) is 4.79 Å². The predicted octanol–water partition coefficient (Wildman–Crippen LogP) is 0.600. The molecule has 0 aromatic rings. The van der Waals surface area contributed by atoms with Gasteiger partial charge in [0.15, 0.2) is 6.10 Å². The molecule has 0 aromatic carbocycles. The van der Waals surface area contributed by atoms with Crippen molar-refractivity contribution in [2.24, 2.45) is 11.1 Å². The van der Waals surface area contributed by atoms with E-state index in [9.17, 15) is 4.79 Å². The Morgan fingerprint density at radius 3 is 2.88 bits per heavy atom. The molecule has 0 bridgehead atoms. The van der Waals surface area contributed by atoms with E-state index in [0.29, 0.717) is 18.8 Å². The summed E-state index contributed by atoms with van der Waals surface area (Å²) in [4.78, 5) is 18.6. The second-order valence-corrected chi connectivity index (χ2v) is 5.38. The summed E-state index contributed by atoms with van der Waals surface area (Å²) in [5, 5.41) is 12.9. The third-order valence-corrected chi connectivity index (χ3v) is 2.81. The van der Waals surface area contributed by atoms with Gasteiger partial charge in [0.25, 0.3) is 0 Å². The van der Waals surface area contributed by atoms with Crippen LogP contribution in [-0.4, -0.2) is 53.2 Å². The molecule has 17 heavy (non-hydrogen) atoms. The van der Waals surface area contributed by atoms with E-state index in [1.165, 1.54) is 0 Å². The van der Waals surface area contributed by atoms with Crippen LogP contribution in [0.3, 0.4) is 0 Å². The van der Waals surface area contributed by atoms with Gasteiger partial charge in [0.2, 0.25) is 0 Å². The van der Waals surface area contributed by atoms with Crippen LogP contribution in [0, 0.1) is 5.92 Å². The number of nitrogens with zero attached hydrogens (tertiary/aromatic N) is 2. The Balaban J connectivity index is 1.95. The Kier molecular flexibility index (Phi) is 2.99. The molecule has 96 valence electrons. The molecule has 2 heterocycles. The van der Waals surface area contributed by atoms with Gasteiger partial charge in [0, 0.05) is 6.54 Å². The number of carbonyl (C=O) groups is 1. The number of carbonyl (C=O) groups excluding carboxylic acids is 1. The zero-order valence-corrected chi connectivity index (χ0v) is 10.3. The first kappa shape index (κ1) is 12.2. The first-order chi connectivity index (χ1) is 7.90. The molecule has 2 atom stereocenters. The number of rotatable bonds is 1. The van der Waals surface area contributed by atoms with Crippen LogP contribution in [0.5, 0.6) is 0 Å². The van der Waals surface area contributed by atoms with Crippen molar-refractivity contribution in [2.75, 3.05) is 19.7 Å². The maximum absolute atomic E-state index is 11.8. The lowest BCUT2D eigenvalue weighted by Crippen LogP contribution is -2.36. The molecule has 2 aliphatic rings. The summed E-state index contributed by atoms with van der Waals surface area (Å²) >= 11 is 0. The Morgan fingerprint density at radius 2 is 2.29 bits per heavy atom. The molecule has 1 N–H and O–H groups in total. The first-order valence-electron chi connectivity index (χ1n) is 5.72. The average molecular weight is 242 g/mol.